The zero-order valence-corrected chi connectivity index (χ0v) is 19.6. The van der Waals surface area contributed by atoms with E-state index in [9.17, 15) is 4.79 Å². The summed E-state index contributed by atoms with van der Waals surface area (Å²) in [7, 11) is 1.64. The van der Waals surface area contributed by atoms with E-state index in [1.807, 2.05) is 91.9 Å². The molecule has 3 aromatic carbocycles. The van der Waals surface area contributed by atoms with E-state index in [1.165, 1.54) is 11.3 Å². The summed E-state index contributed by atoms with van der Waals surface area (Å²) in [5, 5.41) is 3.74. The minimum absolute atomic E-state index is 0.244. The van der Waals surface area contributed by atoms with Gasteiger partial charge in [0.25, 0.3) is 5.91 Å². The van der Waals surface area contributed by atoms with Crippen LogP contribution < -0.4 is 15.8 Å². The highest BCUT2D eigenvalue weighted by Crippen LogP contribution is 2.41. The SMILES string of the molecule is COc1ccc(-c2cc(-c3ccccc3)nc3sc(C(=O)Nc4ccc(C)cc4)c(N)c23)cc1. The van der Waals surface area contributed by atoms with E-state index < -0.39 is 0 Å². The summed E-state index contributed by atoms with van der Waals surface area (Å²) in [6.45, 7) is 2.01. The van der Waals surface area contributed by atoms with E-state index in [-0.39, 0.29) is 5.91 Å². The van der Waals surface area contributed by atoms with Crippen molar-refractivity contribution in [3.05, 3.63) is 95.4 Å². The quantitative estimate of drug-likeness (QED) is 0.300. The average molecular weight is 466 g/mol. The van der Waals surface area contributed by atoms with Crippen molar-refractivity contribution in [2.45, 2.75) is 6.92 Å². The Morgan fingerprint density at radius 2 is 1.65 bits per heavy atom. The molecule has 168 valence electrons. The molecule has 5 nitrogen and oxygen atoms in total. The molecule has 0 aliphatic rings. The molecule has 0 saturated heterocycles. The third-order valence-corrected chi connectivity index (χ3v) is 6.78. The molecule has 34 heavy (non-hydrogen) atoms. The Morgan fingerprint density at radius 1 is 0.941 bits per heavy atom. The number of aromatic nitrogens is 1. The van der Waals surface area contributed by atoms with E-state index in [2.05, 4.69) is 5.32 Å². The molecule has 0 aliphatic heterocycles. The molecule has 3 N–H and O–H groups in total. The summed E-state index contributed by atoms with van der Waals surface area (Å²) in [5.41, 5.74) is 12.6. The number of amides is 1. The lowest BCUT2D eigenvalue weighted by atomic mass is 9.99. The number of aryl methyl sites for hydroxylation is 1. The molecule has 0 unspecified atom stereocenters. The topological polar surface area (TPSA) is 77.2 Å². The summed E-state index contributed by atoms with van der Waals surface area (Å²) >= 11 is 1.31. The van der Waals surface area contributed by atoms with E-state index >= 15 is 0 Å². The molecule has 0 saturated carbocycles. The molecule has 0 spiro atoms. The molecule has 0 fully saturated rings. The van der Waals surface area contributed by atoms with Crippen molar-refractivity contribution in [2.24, 2.45) is 0 Å². The predicted octanol–water partition coefficient (Wildman–Crippen LogP) is 6.78. The van der Waals surface area contributed by atoms with E-state index in [0.29, 0.717) is 10.6 Å². The van der Waals surface area contributed by atoms with Gasteiger partial charge in [-0.25, -0.2) is 4.98 Å². The normalized spacial score (nSPS) is 10.9. The molecule has 2 aromatic heterocycles. The number of nitrogens with two attached hydrogens (primary N) is 1. The monoisotopic (exact) mass is 465 g/mol. The standard InChI is InChI=1S/C28H23N3O2S/c1-17-8-12-20(13-9-17)30-27(32)26-25(29)24-22(18-10-14-21(33-2)15-11-18)16-23(31-28(24)34-26)19-6-4-3-5-7-19/h3-16H,29H2,1-2H3,(H,30,32). The van der Waals surface area contributed by atoms with Crippen LogP contribution in [-0.4, -0.2) is 18.0 Å². The first-order valence-electron chi connectivity index (χ1n) is 10.8. The van der Waals surface area contributed by atoms with Gasteiger partial charge in [-0.2, -0.15) is 0 Å². The fraction of sp³-hybridized carbons (Fsp3) is 0.0714. The maximum atomic E-state index is 13.2. The van der Waals surface area contributed by atoms with Gasteiger partial charge in [0, 0.05) is 16.6 Å². The minimum atomic E-state index is -0.244. The van der Waals surface area contributed by atoms with Gasteiger partial charge >= 0.3 is 0 Å². The van der Waals surface area contributed by atoms with Crippen LogP contribution in [0.3, 0.4) is 0 Å². The third-order valence-electron chi connectivity index (χ3n) is 5.69. The van der Waals surface area contributed by atoms with Crippen molar-refractivity contribution in [1.29, 1.82) is 0 Å². The number of nitrogens with zero attached hydrogens (tertiary/aromatic N) is 1. The van der Waals surface area contributed by atoms with Crippen LogP contribution in [0.1, 0.15) is 15.2 Å². The number of hydrogen-bond donors (Lipinski definition) is 2. The van der Waals surface area contributed by atoms with Gasteiger partial charge in [-0.15, -0.1) is 11.3 Å². The Balaban J connectivity index is 1.65. The Kier molecular flexibility index (Phi) is 5.74. The van der Waals surface area contributed by atoms with Gasteiger partial charge in [0.05, 0.1) is 18.5 Å². The molecule has 2 heterocycles. The maximum Gasteiger partial charge on any atom is 0.267 e. The van der Waals surface area contributed by atoms with Crippen LogP contribution in [0, 0.1) is 6.92 Å². The second kappa shape index (κ2) is 9.00. The van der Waals surface area contributed by atoms with Crippen LogP contribution in [0.15, 0.2) is 84.9 Å². The van der Waals surface area contributed by atoms with Crippen LogP contribution in [-0.2, 0) is 0 Å². The molecule has 0 radical (unpaired) electrons. The smallest absolute Gasteiger partial charge is 0.267 e. The number of rotatable bonds is 5. The van der Waals surface area contributed by atoms with Crippen LogP contribution in [0.2, 0.25) is 0 Å². The Bertz CT molecular complexity index is 1470. The molecule has 6 heteroatoms. The van der Waals surface area contributed by atoms with E-state index in [1.54, 1.807) is 7.11 Å². The van der Waals surface area contributed by atoms with Crippen molar-refractivity contribution < 1.29 is 9.53 Å². The number of benzene rings is 3. The van der Waals surface area contributed by atoms with Crippen molar-refractivity contribution >= 4 is 38.8 Å². The molecule has 0 bridgehead atoms. The molecular formula is C28H23N3O2S. The van der Waals surface area contributed by atoms with Crippen LogP contribution >= 0.6 is 11.3 Å². The van der Waals surface area contributed by atoms with Crippen LogP contribution in [0.4, 0.5) is 11.4 Å². The van der Waals surface area contributed by atoms with Crippen LogP contribution in [0.25, 0.3) is 32.6 Å². The number of nitrogens with one attached hydrogen (secondary N) is 1. The lowest BCUT2D eigenvalue weighted by Gasteiger charge is -2.10. The number of carbonyl (C=O) groups is 1. The first-order chi connectivity index (χ1) is 16.5. The minimum Gasteiger partial charge on any atom is -0.497 e. The Hall–Kier alpha value is -4.16. The summed E-state index contributed by atoms with van der Waals surface area (Å²) in [6.07, 6.45) is 0. The summed E-state index contributed by atoms with van der Waals surface area (Å²) < 4.78 is 5.32. The third kappa shape index (κ3) is 4.11. The van der Waals surface area contributed by atoms with E-state index in [4.69, 9.17) is 15.5 Å². The van der Waals surface area contributed by atoms with Crippen molar-refractivity contribution in [3.8, 4) is 28.1 Å². The van der Waals surface area contributed by atoms with Gasteiger partial charge in [0.15, 0.2) is 0 Å². The van der Waals surface area contributed by atoms with Gasteiger partial charge < -0.3 is 15.8 Å². The lowest BCUT2D eigenvalue weighted by molar-refractivity contribution is 0.103. The molecule has 5 rings (SSSR count). The molecule has 0 atom stereocenters. The highest BCUT2D eigenvalue weighted by atomic mass is 32.1. The van der Waals surface area contributed by atoms with Gasteiger partial charge in [-0.05, 0) is 48.4 Å². The zero-order valence-electron chi connectivity index (χ0n) is 18.8. The summed E-state index contributed by atoms with van der Waals surface area (Å²) in [5.74, 6) is 0.528. The number of pyridine rings is 1. The summed E-state index contributed by atoms with van der Waals surface area (Å²) in [4.78, 5) is 19.2. The fourth-order valence-electron chi connectivity index (χ4n) is 3.87. The molecule has 1 amide bonds. The van der Waals surface area contributed by atoms with Gasteiger partial charge in [-0.1, -0.05) is 60.2 Å². The zero-order chi connectivity index (χ0) is 23.7. The fourth-order valence-corrected chi connectivity index (χ4v) is 4.88. The van der Waals surface area contributed by atoms with Crippen molar-refractivity contribution in [1.82, 2.24) is 4.98 Å². The second-order valence-corrected chi connectivity index (χ2v) is 8.99. The highest BCUT2D eigenvalue weighted by molar-refractivity contribution is 7.21. The Morgan fingerprint density at radius 3 is 2.32 bits per heavy atom. The van der Waals surface area contributed by atoms with E-state index in [0.717, 1.165) is 49.6 Å². The molecule has 0 aliphatic carbocycles. The number of anilines is 2. The first-order valence-corrected chi connectivity index (χ1v) is 11.7. The number of methoxy groups -OCH3 is 1. The van der Waals surface area contributed by atoms with Gasteiger partial charge in [0.1, 0.15) is 15.5 Å². The van der Waals surface area contributed by atoms with Crippen molar-refractivity contribution in [2.75, 3.05) is 18.2 Å². The predicted molar refractivity (Wildman–Crippen MR) is 141 cm³/mol. The summed E-state index contributed by atoms with van der Waals surface area (Å²) in [6, 6.07) is 27.5. The van der Waals surface area contributed by atoms with Crippen LogP contribution in [0.5, 0.6) is 5.75 Å². The highest BCUT2D eigenvalue weighted by Gasteiger charge is 2.22. The number of hydrogen-bond acceptors (Lipinski definition) is 5. The number of ether oxygens (including phenoxy) is 1. The first kappa shape index (κ1) is 21.7. The number of thiophene rings is 1. The maximum absolute atomic E-state index is 13.2. The number of fused-ring (bicyclic) bond motifs is 1. The van der Waals surface area contributed by atoms with Crippen molar-refractivity contribution in [3.63, 3.8) is 0 Å². The largest absolute Gasteiger partial charge is 0.497 e. The number of carbonyl (C=O) groups excluding carboxylic acids is 1. The van der Waals surface area contributed by atoms with Gasteiger partial charge in [0.2, 0.25) is 0 Å². The Labute approximate surface area is 201 Å². The second-order valence-electron chi connectivity index (χ2n) is 7.99. The molecular weight excluding hydrogens is 442 g/mol. The molecule has 5 aromatic rings. The lowest BCUT2D eigenvalue weighted by Crippen LogP contribution is -2.11. The van der Waals surface area contributed by atoms with Gasteiger partial charge in [-0.3, -0.25) is 4.79 Å². The average Bonchev–Trinajstić information content (AvgIpc) is 3.22. The number of nitrogen functional groups attached to an aromatic ring is 1.